The number of aryl methyl sites for hydroxylation is 1. The Bertz CT molecular complexity index is 1370. The third-order valence-electron chi connectivity index (χ3n) is 6.83. The fourth-order valence-corrected chi connectivity index (χ4v) is 5.03. The Morgan fingerprint density at radius 2 is 1.95 bits per heavy atom. The number of aliphatic hydroxyl groups is 1. The van der Waals surface area contributed by atoms with E-state index in [1.54, 1.807) is 48.7 Å². The van der Waals surface area contributed by atoms with Crippen molar-refractivity contribution in [3.8, 4) is 11.5 Å². The number of carbonyl (C=O) groups excluding carboxylic acids is 2. The molecule has 3 aromatic rings. The summed E-state index contributed by atoms with van der Waals surface area (Å²) >= 11 is 0. The second kappa shape index (κ2) is 10.2. The lowest BCUT2D eigenvalue weighted by Gasteiger charge is -2.31. The number of benzene rings is 1. The van der Waals surface area contributed by atoms with E-state index < -0.39 is 17.7 Å². The molecule has 10 nitrogen and oxygen atoms in total. The van der Waals surface area contributed by atoms with Crippen LogP contribution in [0.4, 0.5) is 0 Å². The molecule has 2 N–H and O–H groups in total. The zero-order chi connectivity index (χ0) is 26.1. The van der Waals surface area contributed by atoms with Crippen LogP contribution in [0.3, 0.4) is 0 Å². The summed E-state index contributed by atoms with van der Waals surface area (Å²) in [5.41, 5.74) is 2.03. The molecule has 1 aromatic carbocycles. The summed E-state index contributed by atoms with van der Waals surface area (Å²) < 4.78 is 12.7. The minimum Gasteiger partial charge on any atom is -0.505 e. The monoisotopic (exact) mass is 506 g/mol. The van der Waals surface area contributed by atoms with Gasteiger partial charge >= 0.3 is 0 Å². The summed E-state index contributed by atoms with van der Waals surface area (Å²) in [7, 11) is 0. The Balaban J connectivity index is 1.63. The van der Waals surface area contributed by atoms with Gasteiger partial charge in [-0.15, -0.1) is 0 Å². The number of carbonyl (C=O) groups is 2. The van der Waals surface area contributed by atoms with Gasteiger partial charge in [-0.1, -0.05) is 12.1 Å². The van der Waals surface area contributed by atoms with Gasteiger partial charge in [0.2, 0.25) is 0 Å². The third kappa shape index (κ3) is 4.54. The highest BCUT2D eigenvalue weighted by molar-refractivity contribution is 6.46. The largest absolute Gasteiger partial charge is 0.505 e. The maximum Gasteiger partial charge on any atom is 0.295 e. The Kier molecular flexibility index (Phi) is 6.86. The molecule has 1 amide bonds. The number of Topliss-reactive ketones (excluding diaryl/α,β-unsaturated/α-hetero) is 1. The van der Waals surface area contributed by atoms with E-state index >= 15 is 0 Å². The predicted molar refractivity (Wildman–Crippen MR) is 135 cm³/mol. The van der Waals surface area contributed by atoms with Crippen molar-refractivity contribution in [2.75, 3.05) is 46.0 Å². The van der Waals surface area contributed by atoms with Crippen LogP contribution in [0.15, 0.2) is 48.2 Å². The highest BCUT2D eigenvalue weighted by Gasteiger charge is 2.46. The molecule has 2 aromatic heterocycles. The molecule has 0 radical (unpaired) electrons. The quantitative estimate of drug-likeness (QED) is 0.285. The van der Waals surface area contributed by atoms with Gasteiger partial charge in [-0.2, -0.15) is 0 Å². The van der Waals surface area contributed by atoms with E-state index in [0.29, 0.717) is 49.0 Å². The van der Waals surface area contributed by atoms with Gasteiger partial charge in [0.15, 0.2) is 17.3 Å². The van der Waals surface area contributed by atoms with Crippen LogP contribution in [0, 0.1) is 6.92 Å². The fraction of sp³-hybridized carbons (Fsp3) is 0.370. The molecule has 5 rings (SSSR count). The number of nitrogens with zero attached hydrogens (tertiary/aromatic N) is 4. The molecule has 2 aliphatic heterocycles. The van der Waals surface area contributed by atoms with Gasteiger partial charge in [-0.05, 0) is 43.7 Å². The lowest BCUT2D eigenvalue weighted by atomic mass is 9.96. The van der Waals surface area contributed by atoms with Crippen LogP contribution in [0.2, 0.25) is 0 Å². The maximum absolute atomic E-state index is 13.5. The normalized spacial score (nSPS) is 20.2. The third-order valence-corrected chi connectivity index (χ3v) is 6.83. The number of likely N-dealkylation sites (tertiary alicyclic amines) is 1. The fourth-order valence-electron chi connectivity index (χ4n) is 5.03. The van der Waals surface area contributed by atoms with Crippen molar-refractivity contribution < 1.29 is 29.3 Å². The minimum absolute atomic E-state index is 0.0196. The van der Waals surface area contributed by atoms with Crippen molar-refractivity contribution in [3.63, 3.8) is 0 Å². The molecule has 1 unspecified atom stereocenters. The zero-order valence-electron chi connectivity index (χ0n) is 20.9. The molecule has 37 heavy (non-hydrogen) atoms. The highest BCUT2D eigenvalue weighted by atomic mass is 16.5. The van der Waals surface area contributed by atoms with E-state index in [-0.39, 0.29) is 29.4 Å². The number of ether oxygens (including phenoxy) is 2. The second-order valence-electron chi connectivity index (χ2n) is 9.08. The van der Waals surface area contributed by atoms with Gasteiger partial charge in [0.25, 0.3) is 11.7 Å². The Morgan fingerprint density at radius 3 is 2.70 bits per heavy atom. The molecule has 0 saturated carbocycles. The predicted octanol–water partition coefficient (Wildman–Crippen LogP) is 2.50. The lowest BCUT2D eigenvalue weighted by Crippen LogP contribution is -2.42. The Labute approximate surface area is 214 Å². The molecule has 2 saturated heterocycles. The van der Waals surface area contributed by atoms with E-state index in [4.69, 9.17) is 9.47 Å². The Hall–Kier alpha value is -3.89. The average molecular weight is 507 g/mol. The van der Waals surface area contributed by atoms with Crippen molar-refractivity contribution in [2.45, 2.75) is 19.9 Å². The van der Waals surface area contributed by atoms with Crippen molar-refractivity contribution in [3.05, 3.63) is 65.1 Å². The second-order valence-corrected chi connectivity index (χ2v) is 9.08. The summed E-state index contributed by atoms with van der Waals surface area (Å²) in [6.07, 6.45) is 1.75. The summed E-state index contributed by atoms with van der Waals surface area (Å²) in [6, 6.07) is 9.31. The molecule has 4 heterocycles. The minimum atomic E-state index is -0.866. The van der Waals surface area contributed by atoms with Crippen LogP contribution < -0.4 is 4.74 Å². The first kappa shape index (κ1) is 24.8. The van der Waals surface area contributed by atoms with Gasteiger partial charge in [0, 0.05) is 32.4 Å². The van der Waals surface area contributed by atoms with Crippen LogP contribution in [-0.2, 0) is 14.3 Å². The Morgan fingerprint density at radius 1 is 1.16 bits per heavy atom. The van der Waals surface area contributed by atoms with Crippen molar-refractivity contribution in [1.29, 1.82) is 0 Å². The maximum atomic E-state index is 13.5. The number of aromatic hydroxyl groups is 1. The number of imidazole rings is 1. The first-order valence-electron chi connectivity index (χ1n) is 12.4. The van der Waals surface area contributed by atoms with E-state index in [1.807, 2.05) is 6.07 Å². The van der Waals surface area contributed by atoms with E-state index in [1.165, 1.54) is 11.0 Å². The summed E-state index contributed by atoms with van der Waals surface area (Å²) in [6.45, 7) is 7.42. The average Bonchev–Trinajstić information content (AvgIpc) is 3.37. The number of hydrogen-bond acceptors (Lipinski definition) is 8. The summed E-state index contributed by atoms with van der Waals surface area (Å²) in [5.74, 6) is -1.55. The first-order valence-corrected chi connectivity index (χ1v) is 12.4. The molecule has 194 valence electrons. The van der Waals surface area contributed by atoms with Crippen molar-refractivity contribution in [2.24, 2.45) is 0 Å². The lowest BCUT2D eigenvalue weighted by molar-refractivity contribution is -0.140. The number of fused-ring (bicyclic) bond motifs is 1. The van der Waals surface area contributed by atoms with Gasteiger partial charge in [0.05, 0.1) is 37.1 Å². The van der Waals surface area contributed by atoms with Crippen LogP contribution in [0.1, 0.15) is 29.9 Å². The van der Waals surface area contributed by atoms with Gasteiger partial charge in [-0.3, -0.25) is 18.9 Å². The SMILES string of the molecule is CCOc1cc(C2C(=C(O)c3c(C)nc4ccccn34)C(=O)C(=O)N2CCN2CCOCC2)ccc1O. The first-order chi connectivity index (χ1) is 17.9. The zero-order valence-corrected chi connectivity index (χ0v) is 20.9. The van der Waals surface area contributed by atoms with Crippen molar-refractivity contribution >= 4 is 23.1 Å². The van der Waals surface area contributed by atoms with E-state index in [2.05, 4.69) is 9.88 Å². The molecule has 0 bridgehead atoms. The number of phenols is 1. The smallest absolute Gasteiger partial charge is 0.295 e. The van der Waals surface area contributed by atoms with Gasteiger partial charge < -0.3 is 24.6 Å². The number of aromatic nitrogens is 2. The van der Waals surface area contributed by atoms with Gasteiger partial charge in [-0.25, -0.2) is 4.98 Å². The topological polar surface area (TPSA) is 117 Å². The number of ketones is 1. The molecular weight excluding hydrogens is 476 g/mol. The van der Waals surface area contributed by atoms with Crippen LogP contribution >= 0.6 is 0 Å². The highest BCUT2D eigenvalue weighted by Crippen LogP contribution is 2.42. The summed E-state index contributed by atoms with van der Waals surface area (Å²) in [4.78, 5) is 35.0. The molecule has 10 heteroatoms. The molecule has 2 fully saturated rings. The van der Waals surface area contributed by atoms with E-state index in [9.17, 15) is 19.8 Å². The van der Waals surface area contributed by atoms with Crippen LogP contribution in [0.25, 0.3) is 11.4 Å². The number of pyridine rings is 1. The molecule has 0 spiro atoms. The van der Waals surface area contributed by atoms with Gasteiger partial charge in [0.1, 0.15) is 11.3 Å². The number of aliphatic hydroxyl groups excluding tert-OH is 1. The molecule has 0 aliphatic carbocycles. The number of rotatable bonds is 7. The van der Waals surface area contributed by atoms with Crippen LogP contribution in [0.5, 0.6) is 11.5 Å². The molecular formula is C27H30N4O6. The number of hydrogen-bond donors (Lipinski definition) is 2. The van der Waals surface area contributed by atoms with E-state index in [0.717, 1.165) is 13.1 Å². The number of phenolic OH excluding ortho intramolecular Hbond substituents is 1. The molecule has 2 aliphatic rings. The van der Waals surface area contributed by atoms with Crippen LogP contribution in [-0.4, -0.2) is 87.1 Å². The van der Waals surface area contributed by atoms with Crippen molar-refractivity contribution in [1.82, 2.24) is 19.2 Å². The molecule has 1 atom stereocenters. The summed E-state index contributed by atoms with van der Waals surface area (Å²) in [5, 5.41) is 21.8. The number of amides is 1. The standard InChI is InChI=1S/C27H30N4O6/c1-3-37-20-16-18(7-8-19(20)32)24-22(25(33)23-17(2)28-21-6-4-5-9-30(21)23)26(34)27(35)31(24)11-10-29-12-14-36-15-13-29/h4-9,16,24,32-33H,3,10-15H2,1-2H3. The number of morpholine rings is 1.